The molecule has 15 heavy (non-hydrogen) atoms. The second kappa shape index (κ2) is 4.34. The molecule has 0 saturated heterocycles. The van der Waals surface area contributed by atoms with Gasteiger partial charge in [0, 0.05) is 5.41 Å². The van der Waals surface area contributed by atoms with Crippen molar-refractivity contribution in [2.24, 2.45) is 5.16 Å². The van der Waals surface area contributed by atoms with E-state index in [9.17, 15) is 0 Å². The van der Waals surface area contributed by atoms with Crippen molar-refractivity contribution in [3.63, 3.8) is 0 Å². The van der Waals surface area contributed by atoms with Gasteiger partial charge in [-0.2, -0.15) is 0 Å². The second-order valence-corrected chi connectivity index (χ2v) is 4.04. The van der Waals surface area contributed by atoms with Crippen LogP contribution in [-0.4, -0.2) is 18.0 Å². The van der Waals surface area contributed by atoms with Crippen molar-refractivity contribution in [1.29, 1.82) is 0 Å². The van der Waals surface area contributed by atoms with E-state index in [1.807, 2.05) is 45.0 Å². The van der Waals surface area contributed by atoms with Gasteiger partial charge in [-0.3, -0.25) is 0 Å². The molecule has 1 rings (SSSR count). The summed E-state index contributed by atoms with van der Waals surface area (Å²) in [5, 5.41) is 12.1. The summed E-state index contributed by atoms with van der Waals surface area (Å²) in [4.78, 5) is 0. The van der Waals surface area contributed by atoms with Gasteiger partial charge >= 0.3 is 0 Å². The lowest BCUT2D eigenvalue weighted by atomic mass is 9.81. The van der Waals surface area contributed by atoms with Crippen molar-refractivity contribution in [3.05, 3.63) is 29.8 Å². The summed E-state index contributed by atoms with van der Waals surface area (Å²) in [6.07, 6.45) is 0. The maximum absolute atomic E-state index is 8.80. The topological polar surface area (TPSA) is 41.8 Å². The number of hydrogen-bond acceptors (Lipinski definition) is 3. The minimum Gasteiger partial charge on any atom is -0.497 e. The van der Waals surface area contributed by atoms with Gasteiger partial charge in [0.2, 0.25) is 0 Å². The molecule has 0 heterocycles. The molecule has 0 unspecified atom stereocenters. The molecule has 1 aromatic rings. The summed E-state index contributed by atoms with van der Waals surface area (Å²) < 4.78 is 5.09. The number of ether oxygens (including phenoxy) is 1. The van der Waals surface area contributed by atoms with E-state index in [4.69, 9.17) is 9.94 Å². The fourth-order valence-corrected chi connectivity index (χ4v) is 1.34. The first-order chi connectivity index (χ1) is 7.02. The fraction of sp³-hybridized carbons (Fsp3) is 0.417. The molecule has 82 valence electrons. The first-order valence-corrected chi connectivity index (χ1v) is 4.86. The summed E-state index contributed by atoms with van der Waals surface area (Å²) in [5.41, 5.74) is 1.52. The minimum absolute atomic E-state index is 0.263. The molecule has 1 N–H and O–H groups in total. The number of rotatable bonds is 3. The highest BCUT2D eigenvalue weighted by molar-refractivity contribution is 5.91. The monoisotopic (exact) mass is 207 g/mol. The molecule has 0 radical (unpaired) electrons. The molecule has 0 amide bonds. The van der Waals surface area contributed by atoms with Crippen LogP contribution in [0.2, 0.25) is 0 Å². The Morgan fingerprint density at radius 3 is 2.20 bits per heavy atom. The largest absolute Gasteiger partial charge is 0.497 e. The van der Waals surface area contributed by atoms with Crippen LogP contribution in [0.1, 0.15) is 26.3 Å². The predicted octanol–water partition coefficient (Wildman–Crippen LogP) is 2.82. The van der Waals surface area contributed by atoms with Crippen LogP contribution in [0.5, 0.6) is 5.75 Å². The van der Waals surface area contributed by atoms with Crippen LogP contribution in [0, 0.1) is 0 Å². The van der Waals surface area contributed by atoms with E-state index in [1.165, 1.54) is 0 Å². The molecule has 0 aliphatic rings. The van der Waals surface area contributed by atoms with Gasteiger partial charge in [0.25, 0.3) is 0 Å². The molecule has 3 nitrogen and oxygen atoms in total. The summed E-state index contributed by atoms with van der Waals surface area (Å²) in [6.45, 7) is 5.85. The van der Waals surface area contributed by atoms with Crippen LogP contribution in [-0.2, 0) is 5.41 Å². The molecule has 0 aromatic heterocycles. The fourth-order valence-electron chi connectivity index (χ4n) is 1.34. The van der Waals surface area contributed by atoms with E-state index >= 15 is 0 Å². The maximum Gasteiger partial charge on any atom is 0.118 e. The Balaban J connectivity index is 3.05. The number of hydrogen-bond donors (Lipinski definition) is 1. The highest BCUT2D eigenvalue weighted by Gasteiger charge is 2.24. The lowest BCUT2D eigenvalue weighted by Crippen LogP contribution is -2.26. The molecule has 0 spiro atoms. The lowest BCUT2D eigenvalue weighted by molar-refractivity contribution is 0.314. The number of methoxy groups -OCH3 is 1. The highest BCUT2D eigenvalue weighted by Crippen LogP contribution is 2.26. The molecule has 0 fully saturated rings. The third-order valence-electron chi connectivity index (χ3n) is 2.87. The Morgan fingerprint density at radius 1 is 1.27 bits per heavy atom. The van der Waals surface area contributed by atoms with E-state index in [0.717, 1.165) is 11.3 Å². The number of oxime groups is 1. The quantitative estimate of drug-likeness (QED) is 0.470. The molecular weight excluding hydrogens is 190 g/mol. The van der Waals surface area contributed by atoms with Gasteiger partial charge in [-0.25, -0.2) is 0 Å². The standard InChI is InChI=1S/C12H17NO2/c1-9(13-14)12(2,3)10-5-7-11(15-4)8-6-10/h5-8,14H,1-4H3. The summed E-state index contributed by atoms with van der Waals surface area (Å²) >= 11 is 0. The van der Waals surface area contributed by atoms with E-state index in [2.05, 4.69) is 5.16 Å². The SMILES string of the molecule is COc1ccc(C(C)(C)C(C)=NO)cc1. The van der Waals surface area contributed by atoms with Crippen molar-refractivity contribution in [1.82, 2.24) is 0 Å². The summed E-state index contributed by atoms with van der Waals surface area (Å²) in [6, 6.07) is 7.77. The first kappa shape index (κ1) is 11.6. The van der Waals surface area contributed by atoms with Crippen molar-refractivity contribution < 1.29 is 9.94 Å². The summed E-state index contributed by atoms with van der Waals surface area (Å²) in [7, 11) is 1.64. The van der Waals surface area contributed by atoms with E-state index in [0.29, 0.717) is 5.71 Å². The van der Waals surface area contributed by atoms with E-state index < -0.39 is 0 Å². The van der Waals surface area contributed by atoms with Crippen molar-refractivity contribution in [3.8, 4) is 5.75 Å². The number of benzene rings is 1. The van der Waals surface area contributed by atoms with Crippen molar-refractivity contribution in [2.45, 2.75) is 26.2 Å². The second-order valence-electron chi connectivity index (χ2n) is 4.04. The van der Waals surface area contributed by atoms with Crippen LogP contribution in [0.25, 0.3) is 0 Å². The van der Waals surface area contributed by atoms with Gasteiger partial charge in [-0.1, -0.05) is 31.1 Å². The Kier molecular flexibility index (Phi) is 3.35. The van der Waals surface area contributed by atoms with Gasteiger partial charge in [0.05, 0.1) is 12.8 Å². The lowest BCUT2D eigenvalue weighted by Gasteiger charge is -2.24. The van der Waals surface area contributed by atoms with Crippen LogP contribution in [0.15, 0.2) is 29.4 Å². The predicted molar refractivity (Wildman–Crippen MR) is 60.9 cm³/mol. The van der Waals surface area contributed by atoms with E-state index in [-0.39, 0.29) is 5.41 Å². The Morgan fingerprint density at radius 2 is 1.80 bits per heavy atom. The molecule has 0 bridgehead atoms. The van der Waals surface area contributed by atoms with Gasteiger partial charge < -0.3 is 9.94 Å². The molecular formula is C12H17NO2. The highest BCUT2D eigenvalue weighted by atomic mass is 16.5. The van der Waals surface area contributed by atoms with Crippen LogP contribution in [0.4, 0.5) is 0 Å². The minimum atomic E-state index is -0.263. The Bertz CT molecular complexity index is 352. The zero-order chi connectivity index (χ0) is 11.5. The van der Waals surface area contributed by atoms with Crippen LogP contribution in [0.3, 0.4) is 0 Å². The molecule has 0 aliphatic carbocycles. The zero-order valence-electron chi connectivity index (χ0n) is 9.61. The molecule has 0 aliphatic heterocycles. The third kappa shape index (κ3) is 2.29. The molecule has 0 saturated carbocycles. The average molecular weight is 207 g/mol. The zero-order valence-corrected chi connectivity index (χ0v) is 9.61. The smallest absolute Gasteiger partial charge is 0.118 e. The molecule has 1 aromatic carbocycles. The summed E-state index contributed by atoms with van der Waals surface area (Å²) in [5.74, 6) is 0.827. The average Bonchev–Trinajstić information content (AvgIpc) is 2.28. The molecule has 3 heteroatoms. The van der Waals surface area contributed by atoms with Gasteiger partial charge in [-0.05, 0) is 24.6 Å². The van der Waals surface area contributed by atoms with Gasteiger partial charge in [0.15, 0.2) is 0 Å². The normalized spacial score (nSPS) is 12.7. The Hall–Kier alpha value is -1.51. The van der Waals surface area contributed by atoms with Crippen molar-refractivity contribution in [2.75, 3.05) is 7.11 Å². The van der Waals surface area contributed by atoms with E-state index in [1.54, 1.807) is 7.11 Å². The van der Waals surface area contributed by atoms with Crippen LogP contribution >= 0.6 is 0 Å². The maximum atomic E-state index is 8.80. The first-order valence-electron chi connectivity index (χ1n) is 4.86. The Labute approximate surface area is 90.4 Å². The third-order valence-corrected chi connectivity index (χ3v) is 2.87. The van der Waals surface area contributed by atoms with Crippen LogP contribution < -0.4 is 4.74 Å². The van der Waals surface area contributed by atoms with Gasteiger partial charge in [0.1, 0.15) is 5.75 Å². The molecule has 0 atom stereocenters. The van der Waals surface area contributed by atoms with Gasteiger partial charge in [-0.15, -0.1) is 0 Å². The number of nitrogens with zero attached hydrogens (tertiary/aromatic N) is 1. The van der Waals surface area contributed by atoms with Crippen molar-refractivity contribution >= 4 is 5.71 Å².